The molecule has 1 heterocycles. The third-order valence-corrected chi connectivity index (χ3v) is 6.39. The van der Waals surface area contributed by atoms with Gasteiger partial charge in [0.2, 0.25) is 0 Å². The van der Waals surface area contributed by atoms with Gasteiger partial charge < -0.3 is 10.3 Å². The van der Waals surface area contributed by atoms with Gasteiger partial charge in [-0.1, -0.05) is 52.3 Å². The Kier molecular flexibility index (Phi) is 6.39. The van der Waals surface area contributed by atoms with Gasteiger partial charge in [-0.25, -0.2) is 0 Å². The van der Waals surface area contributed by atoms with Crippen molar-refractivity contribution in [1.82, 2.24) is 10.3 Å². The van der Waals surface area contributed by atoms with E-state index in [-0.39, 0.29) is 17.2 Å². The second kappa shape index (κ2) is 9.36. The summed E-state index contributed by atoms with van der Waals surface area (Å²) in [6, 6.07) is 22.0. The maximum Gasteiger partial charge on any atom is 0.270 e. The average molecular weight is 496 g/mol. The lowest BCUT2D eigenvalue weighted by atomic mass is 10.1. The molecule has 0 saturated carbocycles. The maximum absolute atomic E-state index is 12.4. The van der Waals surface area contributed by atoms with Crippen LogP contribution in [0, 0.1) is 10.1 Å². The number of nitrogens with zero attached hydrogens (tertiary/aromatic N) is 1. The Morgan fingerprint density at radius 1 is 1.06 bits per heavy atom. The first kappa shape index (κ1) is 21.1. The number of nitrogens with one attached hydrogen (secondary N) is 2. The minimum absolute atomic E-state index is 0.0973. The molecule has 0 aliphatic carbocycles. The Balaban J connectivity index is 1.47. The Bertz CT molecular complexity index is 1250. The number of nitro groups is 1. The lowest BCUT2D eigenvalue weighted by molar-refractivity contribution is -0.384. The van der Waals surface area contributed by atoms with E-state index in [1.807, 2.05) is 30.3 Å². The van der Waals surface area contributed by atoms with Gasteiger partial charge >= 0.3 is 0 Å². The van der Waals surface area contributed by atoms with Crippen LogP contribution in [0.2, 0.25) is 0 Å². The fraction of sp³-hybridized carbons (Fsp3) is 0.0870. The normalized spacial score (nSPS) is 10.9. The fourth-order valence-electron chi connectivity index (χ4n) is 3.27. The topological polar surface area (TPSA) is 88.0 Å². The molecule has 2 N–H and O–H groups in total. The van der Waals surface area contributed by atoms with Crippen molar-refractivity contribution in [3.63, 3.8) is 0 Å². The van der Waals surface area contributed by atoms with Crippen molar-refractivity contribution in [1.29, 1.82) is 0 Å². The number of aromatic amines is 1. The van der Waals surface area contributed by atoms with Gasteiger partial charge in [-0.05, 0) is 29.8 Å². The number of H-pyrrole nitrogens is 1. The van der Waals surface area contributed by atoms with Gasteiger partial charge in [0.05, 0.1) is 10.6 Å². The van der Waals surface area contributed by atoms with Crippen molar-refractivity contribution in [3.8, 4) is 11.3 Å². The summed E-state index contributed by atoms with van der Waals surface area (Å²) in [5.41, 5.74) is 3.37. The Morgan fingerprint density at radius 2 is 1.84 bits per heavy atom. The summed E-state index contributed by atoms with van der Waals surface area (Å²) in [5, 5.41) is 14.9. The number of thioether (sulfide) groups is 1. The molecule has 4 aromatic rings. The van der Waals surface area contributed by atoms with Crippen molar-refractivity contribution in [2.75, 3.05) is 12.3 Å². The number of para-hydroxylation sites is 1. The number of fused-ring (bicyclic) bond motifs is 1. The van der Waals surface area contributed by atoms with E-state index in [0.29, 0.717) is 12.3 Å². The molecule has 0 spiro atoms. The van der Waals surface area contributed by atoms with Gasteiger partial charge in [0.25, 0.3) is 11.6 Å². The number of non-ortho nitro benzene ring substituents is 1. The van der Waals surface area contributed by atoms with Crippen LogP contribution in [0.3, 0.4) is 0 Å². The van der Waals surface area contributed by atoms with Gasteiger partial charge in [0, 0.05) is 50.3 Å². The quantitative estimate of drug-likeness (QED) is 0.142. The Hall–Kier alpha value is -3.10. The third kappa shape index (κ3) is 4.81. The van der Waals surface area contributed by atoms with Gasteiger partial charge in [0.1, 0.15) is 0 Å². The minimum Gasteiger partial charge on any atom is -0.354 e. The standard InChI is InChI=1S/C23H18BrN3O3S/c24-17-10-8-15(9-11-17)21-22(19-6-1-2-7-20(19)26-21)31-13-12-25-23(28)16-4-3-5-18(14-16)27(29)30/h1-11,14,26H,12-13H2,(H,25,28). The summed E-state index contributed by atoms with van der Waals surface area (Å²) in [7, 11) is 0. The lowest BCUT2D eigenvalue weighted by Crippen LogP contribution is -2.25. The van der Waals surface area contributed by atoms with Crippen molar-refractivity contribution in [3.05, 3.63) is 92.9 Å². The minimum atomic E-state index is -0.507. The number of carbonyl (C=O) groups excluding carboxylic acids is 1. The Morgan fingerprint density at radius 3 is 2.61 bits per heavy atom. The number of carbonyl (C=O) groups is 1. The number of hydrogen-bond acceptors (Lipinski definition) is 4. The van der Waals surface area contributed by atoms with Crippen LogP contribution in [-0.2, 0) is 0 Å². The van der Waals surface area contributed by atoms with Crippen LogP contribution < -0.4 is 5.32 Å². The predicted octanol–water partition coefficient (Wildman–Crippen LogP) is 6.03. The first-order chi connectivity index (χ1) is 15.0. The van der Waals surface area contributed by atoms with Crippen LogP contribution in [0.25, 0.3) is 22.2 Å². The molecule has 0 bridgehead atoms. The zero-order valence-corrected chi connectivity index (χ0v) is 18.7. The third-order valence-electron chi connectivity index (χ3n) is 4.74. The highest BCUT2D eigenvalue weighted by molar-refractivity contribution is 9.10. The van der Waals surface area contributed by atoms with Crippen molar-refractivity contribution in [2.45, 2.75) is 4.90 Å². The van der Waals surface area contributed by atoms with Gasteiger partial charge in [-0.15, -0.1) is 11.8 Å². The van der Waals surface area contributed by atoms with Crippen LogP contribution >= 0.6 is 27.7 Å². The van der Waals surface area contributed by atoms with E-state index < -0.39 is 4.92 Å². The molecule has 0 unspecified atom stereocenters. The first-order valence-electron chi connectivity index (χ1n) is 9.55. The summed E-state index contributed by atoms with van der Waals surface area (Å²) in [4.78, 5) is 27.4. The largest absolute Gasteiger partial charge is 0.354 e. The maximum atomic E-state index is 12.4. The molecular weight excluding hydrogens is 478 g/mol. The van der Waals surface area contributed by atoms with Crippen LogP contribution in [0.1, 0.15) is 10.4 Å². The van der Waals surface area contributed by atoms with Crippen LogP contribution in [0.5, 0.6) is 0 Å². The monoisotopic (exact) mass is 495 g/mol. The first-order valence-corrected chi connectivity index (χ1v) is 11.3. The number of amides is 1. The predicted molar refractivity (Wildman–Crippen MR) is 128 cm³/mol. The molecule has 0 aliphatic heterocycles. The zero-order chi connectivity index (χ0) is 21.8. The summed E-state index contributed by atoms with van der Waals surface area (Å²) < 4.78 is 1.02. The van der Waals surface area contributed by atoms with Gasteiger partial charge in [-0.3, -0.25) is 14.9 Å². The van der Waals surface area contributed by atoms with E-state index in [1.165, 1.54) is 18.2 Å². The number of benzene rings is 3. The molecule has 6 nitrogen and oxygen atoms in total. The highest BCUT2D eigenvalue weighted by Crippen LogP contribution is 2.37. The molecule has 0 fully saturated rings. The number of halogens is 1. The summed E-state index contributed by atoms with van der Waals surface area (Å²) in [5.74, 6) is 0.336. The summed E-state index contributed by atoms with van der Waals surface area (Å²) in [6.45, 7) is 0.436. The van der Waals surface area contributed by atoms with Gasteiger partial charge in [-0.2, -0.15) is 0 Å². The van der Waals surface area contributed by atoms with E-state index in [0.717, 1.165) is 31.5 Å². The smallest absolute Gasteiger partial charge is 0.270 e. The molecule has 156 valence electrons. The molecule has 4 rings (SSSR count). The molecule has 8 heteroatoms. The molecule has 1 aromatic heterocycles. The van der Waals surface area contributed by atoms with Crippen LogP contribution in [0.4, 0.5) is 5.69 Å². The van der Waals surface area contributed by atoms with Crippen molar-refractivity contribution >= 4 is 50.2 Å². The second-order valence-electron chi connectivity index (χ2n) is 6.79. The van der Waals surface area contributed by atoms with E-state index in [2.05, 4.69) is 44.4 Å². The molecule has 0 radical (unpaired) electrons. The molecule has 3 aromatic carbocycles. The molecular formula is C23H18BrN3O3S. The van der Waals surface area contributed by atoms with E-state index >= 15 is 0 Å². The molecule has 0 atom stereocenters. The van der Waals surface area contributed by atoms with E-state index in [1.54, 1.807) is 17.8 Å². The van der Waals surface area contributed by atoms with Crippen molar-refractivity contribution < 1.29 is 9.72 Å². The molecule has 1 amide bonds. The number of hydrogen-bond donors (Lipinski definition) is 2. The summed E-state index contributed by atoms with van der Waals surface area (Å²) in [6.07, 6.45) is 0. The SMILES string of the molecule is O=C(NCCSc1c(-c2ccc(Br)cc2)[nH]c2ccccc12)c1cccc([N+](=O)[O-])c1. The highest BCUT2D eigenvalue weighted by Gasteiger charge is 2.14. The molecule has 0 saturated heterocycles. The van der Waals surface area contributed by atoms with E-state index in [9.17, 15) is 14.9 Å². The van der Waals surface area contributed by atoms with Gasteiger partial charge in [0.15, 0.2) is 0 Å². The lowest BCUT2D eigenvalue weighted by Gasteiger charge is -2.07. The second-order valence-corrected chi connectivity index (χ2v) is 8.81. The Labute approximate surface area is 191 Å². The molecule has 31 heavy (non-hydrogen) atoms. The van der Waals surface area contributed by atoms with Crippen LogP contribution in [-0.4, -0.2) is 28.1 Å². The number of rotatable bonds is 7. The number of aromatic nitrogens is 1. The zero-order valence-electron chi connectivity index (χ0n) is 16.3. The van der Waals surface area contributed by atoms with E-state index in [4.69, 9.17) is 0 Å². The molecule has 0 aliphatic rings. The summed E-state index contributed by atoms with van der Waals surface area (Å²) >= 11 is 5.14. The highest BCUT2D eigenvalue weighted by atomic mass is 79.9. The number of nitro benzene ring substituents is 1. The average Bonchev–Trinajstić information content (AvgIpc) is 3.15. The van der Waals surface area contributed by atoms with Crippen LogP contribution in [0.15, 0.2) is 82.2 Å². The fourth-order valence-corrected chi connectivity index (χ4v) is 4.59. The van der Waals surface area contributed by atoms with Crippen molar-refractivity contribution in [2.24, 2.45) is 0 Å².